The molecule has 0 spiro atoms. The summed E-state index contributed by atoms with van der Waals surface area (Å²) in [6.07, 6.45) is 18.4. The molecule has 214 valence electrons. The molecule has 4 saturated carbocycles. The number of nitrogens with zero attached hydrogens (tertiary/aromatic N) is 1. The fourth-order valence-corrected chi connectivity index (χ4v) is 8.73. The zero-order valence-corrected chi connectivity index (χ0v) is 23.3. The van der Waals surface area contributed by atoms with Gasteiger partial charge in [-0.05, 0) is 100 Å². The van der Waals surface area contributed by atoms with Crippen LogP contribution < -0.4 is 0 Å². The number of hydrogen-bond donors (Lipinski definition) is 1. The molecule has 0 aromatic heterocycles. The van der Waals surface area contributed by atoms with Crippen LogP contribution in [0, 0.1) is 35.5 Å². The zero-order valence-electron chi connectivity index (χ0n) is 23.3. The van der Waals surface area contributed by atoms with E-state index in [9.17, 15) is 18.3 Å². The monoisotopic (exact) mass is 525 g/mol. The van der Waals surface area contributed by atoms with Crippen molar-refractivity contribution in [3.8, 4) is 0 Å². The molecule has 4 aliphatic rings. The molecule has 0 saturated heterocycles. The summed E-state index contributed by atoms with van der Waals surface area (Å²) in [5.74, 6) is 2.18. The van der Waals surface area contributed by atoms with Gasteiger partial charge in [0.2, 0.25) is 0 Å². The van der Waals surface area contributed by atoms with Crippen molar-refractivity contribution in [3.05, 3.63) is 12.3 Å². The average Bonchev–Trinajstić information content (AvgIpc) is 2.89. The van der Waals surface area contributed by atoms with E-state index in [-0.39, 0.29) is 5.76 Å². The lowest BCUT2D eigenvalue weighted by molar-refractivity contribution is -0.185. The van der Waals surface area contributed by atoms with Crippen LogP contribution in [0.4, 0.5) is 13.2 Å². The van der Waals surface area contributed by atoms with Gasteiger partial charge >= 0.3 is 6.18 Å². The number of aliphatic hydroxyl groups is 1. The molecule has 0 heterocycles. The molecule has 0 radical (unpaired) electrons. The first kappa shape index (κ1) is 29.3. The standard InChI is InChI=1S/C32H54F3NO/c1-24(37)22-27-12-17-31(30(23-27)28-13-15-29(16-14-28)32(33,34)35)36(20-18-25-8-4-2-5-9-25)21-19-26-10-6-3-7-11-26/h25-31,37H,1-23H2/t27-,28-,29+,30-,31+/m0/s1. The van der Waals surface area contributed by atoms with Crippen LogP contribution in [0.5, 0.6) is 0 Å². The summed E-state index contributed by atoms with van der Waals surface area (Å²) in [6, 6.07) is 0.503. The Morgan fingerprint density at radius 3 is 1.73 bits per heavy atom. The first-order valence-electron chi connectivity index (χ1n) is 16.0. The third kappa shape index (κ3) is 8.90. The predicted molar refractivity (Wildman–Crippen MR) is 146 cm³/mol. The van der Waals surface area contributed by atoms with Crippen molar-refractivity contribution in [1.82, 2.24) is 4.90 Å². The minimum absolute atomic E-state index is 0.273. The lowest BCUT2D eigenvalue weighted by Gasteiger charge is -2.48. The molecule has 0 aliphatic heterocycles. The highest BCUT2D eigenvalue weighted by molar-refractivity contribution is 4.95. The Labute approximate surface area is 224 Å². The fraction of sp³-hybridized carbons (Fsp3) is 0.938. The van der Waals surface area contributed by atoms with E-state index in [0.717, 1.165) is 43.9 Å². The van der Waals surface area contributed by atoms with Crippen LogP contribution in [-0.2, 0) is 0 Å². The van der Waals surface area contributed by atoms with Gasteiger partial charge in [0.15, 0.2) is 0 Å². The molecule has 0 aromatic carbocycles. The van der Waals surface area contributed by atoms with Crippen LogP contribution in [0.15, 0.2) is 12.3 Å². The summed E-state index contributed by atoms with van der Waals surface area (Å²) in [7, 11) is 0. The first-order valence-corrected chi connectivity index (χ1v) is 16.0. The zero-order chi connectivity index (χ0) is 26.3. The lowest BCUT2D eigenvalue weighted by Crippen LogP contribution is -2.49. The molecule has 3 atom stereocenters. The summed E-state index contributed by atoms with van der Waals surface area (Å²) in [4.78, 5) is 2.84. The van der Waals surface area contributed by atoms with E-state index in [1.165, 1.54) is 90.1 Å². The van der Waals surface area contributed by atoms with Crippen molar-refractivity contribution in [3.63, 3.8) is 0 Å². The smallest absolute Gasteiger partial charge is 0.391 e. The number of alkyl halides is 3. The molecular formula is C32H54F3NO. The molecule has 2 nitrogen and oxygen atoms in total. The predicted octanol–water partition coefficient (Wildman–Crippen LogP) is 9.84. The topological polar surface area (TPSA) is 23.5 Å². The molecule has 0 bridgehead atoms. The Bertz CT molecular complexity index is 652. The molecule has 37 heavy (non-hydrogen) atoms. The molecular weight excluding hydrogens is 471 g/mol. The molecule has 4 fully saturated rings. The summed E-state index contributed by atoms with van der Waals surface area (Å²) in [5, 5.41) is 9.93. The highest BCUT2D eigenvalue weighted by Crippen LogP contribution is 2.47. The van der Waals surface area contributed by atoms with Crippen LogP contribution in [-0.4, -0.2) is 35.3 Å². The summed E-state index contributed by atoms with van der Waals surface area (Å²) >= 11 is 0. The van der Waals surface area contributed by atoms with Crippen molar-refractivity contribution in [2.75, 3.05) is 13.1 Å². The number of rotatable bonds is 10. The van der Waals surface area contributed by atoms with Crippen LogP contribution in [0.1, 0.15) is 128 Å². The normalized spacial score (nSPS) is 33.0. The van der Waals surface area contributed by atoms with Gasteiger partial charge in [-0.1, -0.05) is 70.8 Å². The molecule has 0 amide bonds. The maximum atomic E-state index is 13.4. The maximum Gasteiger partial charge on any atom is 0.391 e. The largest absolute Gasteiger partial charge is 0.513 e. The molecule has 4 aliphatic carbocycles. The summed E-state index contributed by atoms with van der Waals surface area (Å²) < 4.78 is 40.3. The second kappa shape index (κ2) is 14.1. The highest BCUT2D eigenvalue weighted by Gasteiger charge is 2.45. The van der Waals surface area contributed by atoms with E-state index in [2.05, 4.69) is 11.5 Å². The minimum atomic E-state index is -4.04. The SMILES string of the molecule is C=C(O)C[C@@H]1CC[C@@H](N(CCC2CCCCC2)CCC2CCCCC2)[C@H]([C@H]2CC[C@@H](C(F)(F)F)CC2)C1. The van der Waals surface area contributed by atoms with Crippen molar-refractivity contribution in [2.45, 2.75) is 141 Å². The maximum absolute atomic E-state index is 13.4. The van der Waals surface area contributed by atoms with Crippen LogP contribution in [0.3, 0.4) is 0 Å². The van der Waals surface area contributed by atoms with E-state index >= 15 is 0 Å². The van der Waals surface area contributed by atoms with Gasteiger partial charge in [-0.25, -0.2) is 0 Å². The first-order chi connectivity index (χ1) is 17.8. The number of hydrogen-bond acceptors (Lipinski definition) is 2. The average molecular weight is 526 g/mol. The third-order valence-corrected chi connectivity index (χ3v) is 10.9. The van der Waals surface area contributed by atoms with Crippen LogP contribution >= 0.6 is 0 Å². The second-order valence-corrected chi connectivity index (χ2v) is 13.5. The minimum Gasteiger partial charge on any atom is -0.513 e. The van der Waals surface area contributed by atoms with Gasteiger partial charge in [0.1, 0.15) is 0 Å². The van der Waals surface area contributed by atoms with Crippen molar-refractivity contribution in [1.29, 1.82) is 0 Å². The van der Waals surface area contributed by atoms with Gasteiger partial charge in [-0.2, -0.15) is 13.2 Å². The van der Waals surface area contributed by atoms with E-state index in [1.807, 2.05) is 0 Å². The Balaban J connectivity index is 1.45. The molecule has 5 heteroatoms. The second-order valence-electron chi connectivity index (χ2n) is 13.5. The Morgan fingerprint density at radius 2 is 1.24 bits per heavy atom. The van der Waals surface area contributed by atoms with Gasteiger partial charge < -0.3 is 10.0 Å². The number of allylic oxidation sites excluding steroid dienone is 1. The highest BCUT2D eigenvalue weighted by atomic mass is 19.4. The van der Waals surface area contributed by atoms with E-state index in [0.29, 0.717) is 43.1 Å². The molecule has 1 N–H and O–H groups in total. The molecule has 0 unspecified atom stereocenters. The van der Waals surface area contributed by atoms with Crippen molar-refractivity contribution >= 4 is 0 Å². The van der Waals surface area contributed by atoms with E-state index in [1.54, 1.807) is 0 Å². The van der Waals surface area contributed by atoms with Crippen molar-refractivity contribution < 1.29 is 18.3 Å². The Kier molecular flexibility index (Phi) is 11.1. The van der Waals surface area contributed by atoms with Gasteiger partial charge in [-0.15, -0.1) is 0 Å². The quantitative estimate of drug-likeness (QED) is 0.287. The number of aliphatic hydroxyl groups excluding tert-OH is 1. The Morgan fingerprint density at radius 1 is 0.703 bits per heavy atom. The Hall–Kier alpha value is -0.710. The summed E-state index contributed by atoms with van der Waals surface area (Å²) in [5.41, 5.74) is 0. The van der Waals surface area contributed by atoms with E-state index < -0.39 is 12.1 Å². The van der Waals surface area contributed by atoms with Crippen LogP contribution in [0.2, 0.25) is 0 Å². The van der Waals surface area contributed by atoms with Gasteiger partial charge in [-0.3, -0.25) is 0 Å². The lowest BCUT2D eigenvalue weighted by atomic mass is 9.65. The van der Waals surface area contributed by atoms with Crippen molar-refractivity contribution in [2.24, 2.45) is 35.5 Å². The van der Waals surface area contributed by atoms with Gasteiger partial charge in [0, 0.05) is 12.5 Å². The molecule has 4 rings (SSSR count). The van der Waals surface area contributed by atoms with Gasteiger partial charge in [0.25, 0.3) is 0 Å². The molecule has 0 aromatic rings. The van der Waals surface area contributed by atoms with Gasteiger partial charge in [0.05, 0.1) is 11.7 Å². The number of halogens is 3. The fourth-order valence-electron chi connectivity index (χ4n) is 8.73. The third-order valence-electron chi connectivity index (χ3n) is 10.9. The van der Waals surface area contributed by atoms with Crippen LogP contribution in [0.25, 0.3) is 0 Å². The summed E-state index contributed by atoms with van der Waals surface area (Å²) in [6.45, 7) is 6.11. The van der Waals surface area contributed by atoms with E-state index in [4.69, 9.17) is 0 Å².